The van der Waals surface area contributed by atoms with Crippen molar-refractivity contribution in [1.82, 2.24) is 9.80 Å². The molecule has 0 saturated carbocycles. The van der Waals surface area contributed by atoms with Crippen LogP contribution in [-0.2, 0) is 19.1 Å². The smallest absolute Gasteiger partial charge is 0.311 e. The topological polar surface area (TPSA) is 87.2 Å². The molecule has 0 aromatic carbocycles. The van der Waals surface area contributed by atoms with E-state index in [1.54, 1.807) is 4.90 Å². The molecule has 1 spiro atoms. The van der Waals surface area contributed by atoms with Gasteiger partial charge in [0, 0.05) is 17.3 Å². The zero-order chi connectivity index (χ0) is 25.9. The molecule has 2 amide bonds. The van der Waals surface area contributed by atoms with Crippen LogP contribution in [0.1, 0.15) is 54.9 Å². The van der Waals surface area contributed by atoms with E-state index < -0.39 is 34.2 Å². The molecule has 8 heteroatoms. The zero-order valence-electron chi connectivity index (χ0n) is 22.0. The molecule has 6 atom stereocenters. The largest absolute Gasteiger partial charge is 0.461 e. The van der Waals surface area contributed by atoms with Crippen LogP contribution < -0.4 is 0 Å². The highest BCUT2D eigenvalue weighted by atomic mass is 32.2. The molecule has 35 heavy (non-hydrogen) atoms. The van der Waals surface area contributed by atoms with Gasteiger partial charge < -0.3 is 19.6 Å². The minimum Gasteiger partial charge on any atom is -0.461 e. The molecule has 0 aromatic heterocycles. The minimum atomic E-state index is -0.890. The van der Waals surface area contributed by atoms with Crippen LogP contribution >= 0.6 is 11.8 Å². The fourth-order valence-electron chi connectivity index (χ4n) is 6.82. The summed E-state index contributed by atoms with van der Waals surface area (Å²) < 4.78 is 4.54. The number of amides is 2. The van der Waals surface area contributed by atoms with Crippen LogP contribution in [-0.4, -0.2) is 80.1 Å². The van der Waals surface area contributed by atoms with Gasteiger partial charge in [-0.3, -0.25) is 14.4 Å². The number of rotatable bonds is 5. The van der Waals surface area contributed by atoms with E-state index in [1.165, 1.54) is 11.8 Å². The molecular weight excluding hydrogens is 464 g/mol. The molecule has 1 N–H and O–H groups in total. The van der Waals surface area contributed by atoms with E-state index in [1.807, 2.05) is 43.1 Å². The maximum Gasteiger partial charge on any atom is 0.311 e. The third kappa shape index (κ3) is 4.24. The molecule has 7 nitrogen and oxygen atoms in total. The number of likely N-dealkylation sites (tertiary alicyclic amines) is 1. The number of fused-ring (bicyclic) bond motifs is 2. The van der Waals surface area contributed by atoms with Crippen molar-refractivity contribution < 1.29 is 24.2 Å². The van der Waals surface area contributed by atoms with Gasteiger partial charge in [0.2, 0.25) is 11.8 Å². The van der Waals surface area contributed by atoms with Crippen molar-refractivity contribution in [3.63, 3.8) is 0 Å². The van der Waals surface area contributed by atoms with Crippen molar-refractivity contribution in [2.45, 2.75) is 82.5 Å². The first-order valence-corrected chi connectivity index (χ1v) is 13.6. The van der Waals surface area contributed by atoms with E-state index in [0.29, 0.717) is 6.54 Å². The fourth-order valence-corrected chi connectivity index (χ4v) is 8.81. The van der Waals surface area contributed by atoms with Crippen LogP contribution in [0, 0.1) is 23.2 Å². The van der Waals surface area contributed by atoms with E-state index in [4.69, 9.17) is 4.74 Å². The minimum absolute atomic E-state index is 0.000619. The monoisotopic (exact) mass is 504 g/mol. The lowest BCUT2D eigenvalue weighted by Gasteiger charge is -2.45. The first-order valence-electron chi connectivity index (χ1n) is 12.7. The summed E-state index contributed by atoms with van der Waals surface area (Å²) in [5, 5.41) is 10.1. The summed E-state index contributed by atoms with van der Waals surface area (Å²) in [6.45, 7) is 14.9. The Labute approximate surface area is 213 Å². The Bertz CT molecular complexity index is 952. The number of esters is 1. The summed E-state index contributed by atoms with van der Waals surface area (Å²) in [6, 6.07) is -1.31. The number of nitrogens with zero attached hydrogens (tertiary/aromatic N) is 2. The lowest BCUT2D eigenvalue weighted by atomic mass is 9.78. The van der Waals surface area contributed by atoms with Gasteiger partial charge in [0.25, 0.3) is 0 Å². The standard InChI is InChI=1S/C27H40N2O5S/c1-16(2)17(14-30)29-21-23(32)28(26(6,7)15-25(3,4)5)12-9-11-27(21)20(22(29)31)19-18(35-27)10-8-13-34-24(19)33/h8-11,16-21,30H,12-15H2,1-7H3/t17-,18+,19-,20-,21?,27-/m0/s1. The Balaban J connectivity index is 1.86. The number of hydrogen-bond donors (Lipinski definition) is 1. The Morgan fingerprint density at radius 2 is 1.83 bits per heavy atom. The molecule has 4 rings (SSSR count). The first-order chi connectivity index (χ1) is 16.2. The van der Waals surface area contributed by atoms with Gasteiger partial charge in [-0.05, 0) is 31.6 Å². The van der Waals surface area contributed by atoms with Crippen molar-refractivity contribution in [2.24, 2.45) is 23.2 Å². The maximum atomic E-state index is 14.5. The number of cyclic esters (lactones) is 1. The second-order valence-corrected chi connectivity index (χ2v) is 14.0. The van der Waals surface area contributed by atoms with Gasteiger partial charge in [-0.1, -0.05) is 58.9 Å². The predicted molar refractivity (Wildman–Crippen MR) is 137 cm³/mol. The number of carbonyl (C=O) groups excluding carboxylic acids is 3. The Morgan fingerprint density at radius 3 is 2.43 bits per heavy atom. The Morgan fingerprint density at radius 1 is 1.14 bits per heavy atom. The molecule has 0 aliphatic carbocycles. The van der Waals surface area contributed by atoms with Crippen molar-refractivity contribution in [3.8, 4) is 0 Å². The van der Waals surface area contributed by atoms with Crippen LogP contribution in [0.15, 0.2) is 24.3 Å². The third-order valence-electron chi connectivity index (χ3n) is 7.86. The van der Waals surface area contributed by atoms with E-state index in [9.17, 15) is 19.5 Å². The van der Waals surface area contributed by atoms with Crippen molar-refractivity contribution >= 4 is 29.5 Å². The average molecular weight is 505 g/mol. The molecule has 0 aromatic rings. The number of hydrogen-bond acceptors (Lipinski definition) is 6. The number of carbonyl (C=O) groups is 3. The third-order valence-corrected chi connectivity index (χ3v) is 9.60. The molecule has 2 saturated heterocycles. The molecule has 4 aliphatic rings. The molecule has 0 bridgehead atoms. The van der Waals surface area contributed by atoms with Gasteiger partial charge in [-0.2, -0.15) is 0 Å². The molecule has 1 unspecified atom stereocenters. The second-order valence-electron chi connectivity index (χ2n) is 12.5. The number of ether oxygens (including phenoxy) is 1. The fraction of sp³-hybridized carbons (Fsp3) is 0.741. The van der Waals surface area contributed by atoms with Crippen LogP contribution in [0.25, 0.3) is 0 Å². The van der Waals surface area contributed by atoms with Crippen molar-refractivity contribution in [2.75, 3.05) is 19.8 Å². The van der Waals surface area contributed by atoms with Crippen LogP contribution in [0.4, 0.5) is 0 Å². The highest BCUT2D eigenvalue weighted by molar-refractivity contribution is 8.02. The highest BCUT2D eigenvalue weighted by Gasteiger charge is 2.72. The summed E-state index contributed by atoms with van der Waals surface area (Å²) in [5.41, 5.74) is -0.447. The summed E-state index contributed by atoms with van der Waals surface area (Å²) in [7, 11) is 0. The predicted octanol–water partition coefficient (Wildman–Crippen LogP) is 3.03. The Hall–Kier alpha value is -1.80. The summed E-state index contributed by atoms with van der Waals surface area (Å²) >= 11 is 1.54. The van der Waals surface area contributed by atoms with Gasteiger partial charge in [-0.25, -0.2) is 0 Å². The normalized spacial score (nSPS) is 33.9. The number of aliphatic hydroxyl groups excluding tert-OH is 1. The molecule has 194 valence electrons. The highest BCUT2D eigenvalue weighted by Crippen LogP contribution is 2.61. The number of aliphatic hydroxyl groups is 1. The van der Waals surface area contributed by atoms with Gasteiger partial charge in [0.1, 0.15) is 12.6 Å². The van der Waals surface area contributed by atoms with Crippen molar-refractivity contribution in [1.29, 1.82) is 0 Å². The van der Waals surface area contributed by atoms with E-state index in [2.05, 4.69) is 34.6 Å². The summed E-state index contributed by atoms with van der Waals surface area (Å²) in [4.78, 5) is 45.3. The van der Waals surface area contributed by atoms with Crippen LogP contribution in [0.3, 0.4) is 0 Å². The molecular formula is C27H40N2O5S. The maximum absolute atomic E-state index is 14.5. The summed E-state index contributed by atoms with van der Waals surface area (Å²) in [5.74, 6) is -2.15. The molecule has 4 heterocycles. The Kier molecular flexibility index (Phi) is 6.71. The lowest BCUT2D eigenvalue weighted by molar-refractivity contribution is -0.153. The number of thioether (sulfide) groups is 1. The molecule has 4 aliphatic heterocycles. The van der Waals surface area contributed by atoms with Crippen LogP contribution in [0.2, 0.25) is 0 Å². The van der Waals surface area contributed by atoms with E-state index in [0.717, 1.165) is 6.42 Å². The van der Waals surface area contributed by atoms with E-state index in [-0.39, 0.29) is 47.6 Å². The molecule has 0 radical (unpaired) electrons. The second kappa shape index (κ2) is 8.94. The van der Waals surface area contributed by atoms with Gasteiger partial charge in [0.05, 0.1) is 29.2 Å². The van der Waals surface area contributed by atoms with Gasteiger partial charge in [0.15, 0.2) is 0 Å². The van der Waals surface area contributed by atoms with Gasteiger partial charge in [-0.15, -0.1) is 11.8 Å². The zero-order valence-corrected chi connectivity index (χ0v) is 22.8. The quantitative estimate of drug-likeness (QED) is 0.458. The van der Waals surface area contributed by atoms with E-state index >= 15 is 0 Å². The summed E-state index contributed by atoms with van der Waals surface area (Å²) in [6.07, 6.45) is 8.59. The average Bonchev–Trinajstić information content (AvgIpc) is 3.01. The van der Waals surface area contributed by atoms with Crippen LogP contribution in [0.5, 0.6) is 0 Å². The SMILES string of the molecule is CC(C)[C@H](CO)N1C(=O)[C@@H]2[C@H]3C(=O)OCC=C[C@H]3S[C@@]23C=CCN(C(C)(C)CC(C)(C)C)C(=O)C13. The van der Waals surface area contributed by atoms with Gasteiger partial charge >= 0.3 is 5.97 Å². The lowest BCUT2D eigenvalue weighted by Crippen LogP contribution is -2.61. The van der Waals surface area contributed by atoms with Crippen molar-refractivity contribution in [3.05, 3.63) is 24.3 Å². The first kappa shape index (κ1) is 26.3. The molecule has 2 fully saturated rings.